The molecule has 6 nitrogen and oxygen atoms in total. The second-order valence-corrected chi connectivity index (χ2v) is 14.0. The number of hydrogen-bond donors (Lipinski definition) is 2. The van der Waals surface area contributed by atoms with E-state index in [-0.39, 0.29) is 40.9 Å². The highest BCUT2D eigenvalue weighted by molar-refractivity contribution is 6.00. The van der Waals surface area contributed by atoms with Crippen LogP contribution in [0.15, 0.2) is 18.2 Å². The van der Waals surface area contributed by atoms with E-state index < -0.39 is 5.54 Å². The van der Waals surface area contributed by atoms with Crippen molar-refractivity contribution in [2.75, 3.05) is 15.5 Å². The Hall–Kier alpha value is -2.37. The number of carbonyl (C=O) groups excluding carboxylic acids is 3. The number of carbonyl (C=O) groups is 3. The molecule has 2 aliphatic rings. The molecule has 2 N–H and O–H groups in total. The molecule has 38 heavy (non-hydrogen) atoms. The van der Waals surface area contributed by atoms with Crippen LogP contribution in [0.4, 0.5) is 17.1 Å². The summed E-state index contributed by atoms with van der Waals surface area (Å²) in [4.78, 5) is 41.6. The van der Waals surface area contributed by atoms with Gasteiger partial charge in [0.1, 0.15) is 0 Å². The monoisotopic (exact) mass is 525 g/mol. The summed E-state index contributed by atoms with van der Waals surface area (Å²) in [5.74, 6) is 0.498. The molecule has 2 fully saturated rings. The van der Waals surface area contributed by atoms with E-state index in [4.69, 9.17) is 0 Å². The third-order valence-corrected chi connectivity index (χ3v) is 8.40. The summed E-state index contributed by atoms with van der Waals surface area (Å²) in [5.41, 5.74) is 1.73. The van der Waals surface area contributed by atoms with Gasteiger partial charge >= 0.3 is 0 Å². The Labute approximate surface area is 230 Å². The second-order valence-electron chi connectivity index (χ2n) is 14.0. The zero-order chi connectivity index (χ0) is 28.3. The highest BCUT2D eigenvalue weighted by Crippen LogP contribution is 2.40. The lowest BCUT2D eigenvalue weighted by Gasteiger charge is -2.39. The largest absolute Gasteiger partial charge is 0.326 e. The van der Waals surface area contributed by atoms with Gasteiger partial charge < -0.3 is 15.5 Å². The predicted molar refractivity (Wildman–Crippen MR) is 157 cm³/mol. The molecule has 2 aliphatic carbocycles. The molecule has 6 heteroatoms. The van der Waals surface area contributed by atoms with Gasteiger partial charge in [0.05, 0.1) is 0 Å². The fourth-order valence-corrected chi connectivity index (χ4v) is 6.01. The van der Waals surface area contributed by atoms with Gasteiger partial charge in [-0.1, -0.05) is 53.9 Å². The van der Waals surface area contributed by atoms with Gasteiger partial charge in [-0.25, -0.2) is 0 Å². The first-order valence-electron chi connectivity index (χ1n) is 14.8. The van der Waals surface area contributed by atoms with Gasteiger partial charge in [-0.3, -0.25) is 14.4 Å². The molecule has 0 spiro atoms. The molecule has 0 aliphatic heterocycles. The van der Waals surface area contributed by atoms with Crippen LogP contribution in [-0.4, -0.2) is 23.3 Å². The lowest BCUT2D eigenvalue weighted by Crippen LogP contribution is -2.49. The maximum atomic E-state index is 13.8. The van der Waals surface area contributed by atoms with Gasteiger partial charge in [0.2, 0.25) is 17.7 Å². The molecular formula is C32H51N3O3. The van der Waals surface area contributed by atoms with Crippen molar-refractivity contribution < 1.29 is 14.4 Å². The number of nitrogens with zero attached hydrogens (tertiary/aromatic N) is 1. The number of nitrogens with one attached hydrogen (secondary N) is 2. The SMILES string of the molecule is CC(C)C(=O)Nc1cc(NC(=O)C2CCC(C(C)(C)C)CC2)cc(N(C(=O)C2CCCCC2)C(C)(C)C)c1. The summed E-state index contributed by atoms with van der Waals surface area (Å²) in [6.45, 7) is 16.7. The van der Waals surface area contributed by atoms with E-state index in [1.54, 1.807) is 0 Å². The first kappa shape index (κ1) is 30.2. The molecule has 0 radical (unpaired) electrons. The summed E-state index contributed by atoms with van der Waals surface area (Å²) in [7, 11) is 0. The minimum atomic E-state index is -0.457. The van der Waals surface area contributed by atoms with E-state index in [2.05, 4.69) is 31.4 Å². The Morgan fingerprint density at radius 3 is 1.82 bits per heavy atom. The topological polar surface area (TPSA) is 78.5 Å². The standard InChI is InChI=1S/C32H51N3O3/c1-21(2)28(36)33-25-18-26(34-29(37)22-14-16-24(17-15-22)31(3,4)5)20-27(19-25)35(32(6,7)8)30(38)23-12-10-9-11-13-23/h18-24H,9-17H2,1-8H3,(H,33,36)(H,34,37). The average molecular weight is 526 g/mol. The minimum Gasteiger partial charge on any atom is -0.326 e. The third kappa shape index (κ3) is 7.83. The van der Waals surface area contributed by atoms with Crippen LogP contribution in [0.1, 0.15) is 113 Å². The van der Waals surface area contributed by atoms with Crippen LogP contribution in [-0.2, 0) is 14.4 Å². The van der Waals surface area contributed by atoms with Gasteiger partial charge in [-0.05, 0) is 88.8 Å². The minimum absolute atomic E-state index is 0.00734. The molecule has 0 bridgehead atoms. The highest BCUT2D eigenvalue weighted by Gasteiger charge is 2.35. The lowest BCUT2D eigenvalue weighted by atomic mass is 9.69. The predicted octanol–water partition coefficient (Wildman–Crippen LogP) is 7.78. The van der Waals surface area contributed by atoms with E-state index in [0.717, 1.165) is 51.4 Å². The van der Waals surface area contributed by atoms with E-state index in [9.17, 15) is 14.4 Å². The van der Waals surface area contributed by atoms with E-state index in [1.807, 2.05) is 57.7 Å². The van der Waals surface area contributed by atoms with Crippen molar-refractivity contribution >= 4 is 34.8 Å². The fraction of sp³-hybridized carbons (Fsp3) is 0.719. The molecule has 0 aromatic heterocycles. The zero-order valence-corrected chi connectivity index (χ0v) is 25.1. The summed E-state index contributed by atoms with van der Waals surface area (Å²) >= 11 is 0. The average Bonchev–Trinajstić information content (AvgIpc) is 2.83. The Balaban J connectivity index is 1.90. The van der Waals surface area contributed by atoms with E-state index in [1.165, 1.54) is 6.42 Å². The third-order valence-electron chi connectivity index (χ3n) is 8.40. The lowest BCUT2D eigenvalue weighted by molar-refractivity contribution is -0.124. The quantitative estimate of drug-likeness (QED) is 0.398. The first-order valence-corrected chi connectivity index (χ1v) is 14.8. The number of anilines is 3. The van der Waals surface area contributed by atoms with Crippen molar-refractivity contribution in [3.05, 3.63) is 18.2 Å². The Bertz CT molecular complexity index is 988. The van der Waals surface area contributed by atoms with Crippen molar-refractivity contribution in [1.82, 2.24) is 0 Å². The van der Waals surface area contributed by atoms with Crippen LogP contribution in [0, 0.1) is 29.1 Å². The zero-order valence-electron chi connectivity index (χ0n) is 25.1. The van der Waals surface area contributed by atoms with Crippen LogP contribution in [0.25, 0.3) is 0 Å². The van der Waals surface area contributed by atoms with Gasteiger partial charge in [0.15, 0.2) is 0 Å². The molecular weight excluding hydrogens is 474 g/mol. The van der Waals surface area contributed by atoms with Crippen molar-refractivity contribution in [2.45, 2.75) is 119 Å². The van der Waals surface area contributed by atoms with E-state index in [0.29, 0.717) is 23.0 Å². The smallest absolute Gasteiger partial charge is 0.230 e. The summed E-state index contributed by atoms with van der Waals surface area (Å²) in [6.07, 6.45) is 9.07. The van der Waals surface area contributed by atoms with Crippen LogP contribution >= 0.6 is 0 Å². The molecule has 0 heterocycles. The molecule has 0 saturated heterocycles. The molecule has 212 valence electrons. The Morgan fingerprint density at radius 2 is 1.32 bits per heavy atom. The normalized spacial score (nSPS) is 21.2. The number of rotatable bonds is 6. The summed E-state index contributed by atoms with van der Waals surface area (Å²) in [5, 5.41) is 6.14. The van der Waals surface area contributed by atoms with Gasteiger partial charge in [-0.2, -0.15) is 0 Å². The highest BCUT2D eigenvalue weighted by atomic mass is 16.2. The summed E-state index contributed by atoms with van der Waals surface area (Å²) in [6, 6.07) is 5.58. The second kappa shape index (κ2) is 12.2. The number of hydrogen-bond acceptors (Lipinski definition) is 3. The van der Waals surface area contributed by atoms with Crippen molar-refractivity contribution in [1.29, 1.82) is 0 Å². The van der Waals surface area contributed by atoms with Gasteiger partial charge in [-0.15, -0.1) is 0 Å². The number of amides is 3. The fourth-order valence-electron chi connectivity index (χ4n) is 6.01. The molecule has 1 aromatic rings. The maximum Gasteiger partial charge on any atom is 0.230 e. The number of benzene rings is 1. The maximum absolute atomic E-state index is 13.8. The van der Waals surface area contributed by atoms with Crippen molar-refractivity contribution in [3.8, 4) is 0 Å². The van der Waals surface area contributed by atoms with Gasteiger partial charge in [0, 0.05) is 40.4 Å². The van der Waals surface area contributed by atoms with Gasteiger partial charge in [0.25, 0.3) is 0 Å². The van der Waals surface area contributed by atoms with Crippen LogP contribution in [0.2, 0.25) is 0 Å². The summed E-state index contributed by atoms with van der Waals surface area (Å²) < 4.78 is 0. The van der Waals surface area contributed by atoms with Crippen LogP contribution < -0.4 is 15.5 Å². The van der Waals surface area contributed by atoms with Crippen LogP contribution in [0.3, 0.4) is 0 Å². The Kier molecular flexibility index (Phi) is 9.70. The molecule has 3 amide bonds. The molecule has 0 unspecified atom stereocenters. The molecule has 2 saturated carbocycles. The van der Waals surface area contributed by atoms with Crippen LogP contribution in [0.5, 0.6) is 0 Å². The Morgan fingerprint density at radius 1 is 0.763 bits per heavy atom. The molecule has 0 atom stereocenters. The molecule has 3 rings (SSSR count). The van der Waals surface area contributed by atoms with Crippen molar-refractivity contribution in [2.24, 2.45) is 29.1 Å². The first-order chi connectivity index (χ1) is 17.7. The van der Waals surface area contributed by atoms with Crippen molar-refractivity contribution in [3.63, 3.8) is 0 Å². The van der Waals surface area contributed by atoms with E-state index >= 15 is 0 Å². The molecule has 1 aromatic carbocycles.